The number of benzene rings is 1. The van der Waals surface area contributed by atoms with E-state index in [9.17, 15) is 13.2 Å². The summed E-state index contributed by atoms with van der Waals surface area (Å²) in [5.41, 5.74) is 2.32. The minimum atomic E-state index is -3.39. The third-order valence-corrected chi connectivity index (χ3v) is 5.35. The van der Waals surface area contributed by atoms with Crippen LogP contribution < -0.4 is 4.72 Å². The molecule has 2 aromatic rings. The number of para-hydroxylation sites is 1. The van der Waals surface area contributed by atoms with Gasteiger partial charge in [-0.2, -0.15) is 5.10 Å². The predicted octanol–water partition coefficient (Wildman–Crippen LogP) is 1.07. The number of hydrogen-bond acceptors (Lipinski definition) is 5. The fourth-order valence-electron chi connectivity index (χ4n) is 3.44. The molecule has 0 saturated carbocycles. The van der Waals surface area contributed by atoms with Crippen molar-refractivity contribution < 1.29 is 13.2 Å². The molecule has 1 N–H and O–H groups in total. The van der Waals surface area contributed by atoms with Crippen LogP contribution in [0, 0.1) is 0 Å². The van der Waals surface area contributed by atoms with Crippen LogP contribution in [-0.4, -0.2) is 66.3 Å². The van der Waals surface area contributed by atoms with E-state index in [1.807, 2.05) is 30.4 Å². The summed E-state index contributed by atoms with van der Waals surface area (Å²) in [5, 5.41) is 4.21. The highest BCUT2D eigenvalue weighted by atomic mass is 32.2. The molecule has 3 rings (SSSR count). The third kappa shape index (κ3) is 5.80. The third-order valence-electron chi connectivity index (χ3n) is 4.76. The zero-order valence-corrected chi connectivity index (χ0v) is 17.2. The highest BCUT2D eigenvalue weighted by molar-refractivity contribution is 7.92. The normalized spacial score (nSPS) is 16.0. The molecule has 0 aliphatic carbocycles. The average molecular weight is 406 g/mol. The summed E-state index contributed by atoms with van der Waals surface area (Å²) in [4.78, 5) is 17.0. The summed E-state index contributed by atoms with van der Waals surface area (Å²) in [7, 11) is -1.48. The van der Waals surface area contributed by atoms with Gasteiger partial charge in [-0.25, -0.2) is 8.42 Å². The highest BCUT2D eigenvalue weighted by Gasteiger charge is 2.21. The van der Waals surface area contributed by atoms with Gasteiger partial charge in [0.1, 0.15) is 0 Å². The van der Waals surface area contributed by atoms with Gasteiger partial charge >= 0.3 is 0 Å². The van der Waals surface area contributed by atoms with Crippen molar-refractivity contribution in [2.75, 3.05) is 37.2 Å². The number of rotatable bonds is 6. The zero-order chi connectivity index (χ0) is 20.1. The molecule has 28 heavy (non-hydrogen) atoms. The van der Waals surface area contributed by atoms with Crippen LogP contribution in [0.25, 0.3) is 0 Å². The lowest BCUT2D eigenvalue weighted by atomic mass is 10.1. The van der Waals surface area contributed by atoms with Crippen LogP contribution in [0.15, 0.2) is 36.7 Å². The fourth-order valence-corrected chi connectivity index (χ4v) is 4.04. The minimum absolute atomic E-state index is 0.0194. The molecule has 1 amide bonds. The first-order chi connectivity index (χ1) is 13.3. The molecule has 0 unspecified atom stereocenters. The molecule has 1 aromatic carbocycles. The Kier molecular flexibility index (Phi) is 6.35. The van der Waals surface area contributed by atoms with Crippen LogP contribution in [-0.2, 0) is 34.8 Å². The second-order valence-electron chi connectivity index (χ2n) is 7.24. The number of hydrogen-bond donors (Lipinski definition) is 1. The Morgan fingerprint density at radius 1 is 1.18 bits per heavy atom. The number of aryl methyl sites for hydroxylation is 1. The molecule has 1 aliphatic rings. The number of anilines is 1. The molecule has 1 aliphatic heterocycles. The van der Waals surface area contributed by atoms with Crippen LogP contribution in [0.3, 0.4) is 0 Å². The first-order valence-electron chi connectivity index (χ1n) is 9.33. The number of carbonyl (C=O) groups is 1. The van der Waals surface area contributed by atoms with Gasteiger partial charge in [0.2, 0.25) is 15.9 Å². The Morgan fingerprint density at radius 3 is 2.68 bits per heavy atom. The average Bonchev–Trinajstić information content (AvgIpc) is 2.88. The van der Waals surface area contributed by atoms with Crippen molar-refractivity contribution in [2.24, 2.45) is 7.05 Å². The van der Waals surface area contributed by atoms with Crippen LogP contribution >= 0.6 is 0 Å². The fraction of sp³-hybridized carbons (Fsp3) is 0.474. The monoisotopic (exact) mass is 405 g/mol. The largest absolute Gasteiger partial charge is 0.341 e. The highest BCUT2D eigenvalue weighted by Crippen LogP contribution is 2.18. The molecular weight excluding hydrogens is 378 g/mol. The van der Waals surface area contributed by atoms with E-state index in [4.69, 9.17) is 0 Å². The van der Waals surface area contributed by atoms with Gasteiger partial charge in [0, 0.05) is 51.5 Å². The molecule has 1 saturated heterocycles. The zero-order valence-electron chi connectivity index (χ0n) is 16.3. The van der Waals surface area contributed by atoms with Gasteiger partial charge in [-0.1, -0.05) is 18.2 Å². The van der Waals surface area contributed by atoms with Crippen molar-refractivity contribution in [1.29, 1.82) is 0 Å². The van der Waals surface area contributed by atoms with Gasteiger partial charge in [-0.15, -0.1) is 0 Å². The van der Waals surface area contributed by atoms with Gasteiger partial charge < -0.3 is 4.90 Å². The summed E-state index contributed by atoms with van der Waals surface area (Å²) in [6.45, 7) is 3.95. The van der Waals surface area contributed by atoms with Crippen LogP contribution in [0.1, 0.15) is 17.5 Å². The molecule has 0 spiro atoms. The van der Waals surface area contributed by atoms with Crippen molar-refractivity contribution in [3.8, 4) is 0 Å². The molecule has 1 aromatic heterocycles. The summed E-state index contributed by atoms with van der Waals surface area (Å²) < 4.78 is 27.4. The number of carbonyl (C=O) groups excluding carboxylic acids is 1. The lowest BCUT2D eigenvalue weighted by Gasteiger charge is -2.22. The van der Waals surface area contributed by atoms with E-state index < -0.39 is 10.0 Å². The molecule has 0 atom stereocenters. The van der Waals surface area contributed by atoms with E-state index in [0.29, 0.717) is 24.3 Å². The van der Waals surface area contributed by atoms with E-state index in [0.717, 1.165) is 32.3 Å². The quantitative estimate of drug-likeness (QED) is 0.777. The lowest BCUT2D eigenvalue weighted by Crippen LogP contribution is -2.36. The van der Waals surface area contributed by atoms with Gasteiger partial charge in [-0.05, 0) is 18.1 Å². The Balaban J connectivity index is 1.59. The van der Waals surface area contributed by atoms with Gasteiger partial charge in [0.05, 0.1) is 24.6 Å². The smallest absolute Gasteiger partial charge is 0.229 e. The van der Waals surface area contributed by atoms with Crippen molar-refractivity contribution in [3.05, 3.63) is 47.8 Å². The van der Waals surface area contributed by atoms with E-state index >= 15 is 0 Å². The topological polar surface area (TPSA) is 87.5 Å². The number of sulfonamides is 1. The Labute approximate surface area is 166 Å². The first-order valence-corrected chi connectivity index (χ1v) is 11.2. The summed E-state index contributed by atoms with van der Waals surface area (Å²) in [6.07, 6.45) is 6.09. The minimum Gasteiger partial charge on any atom is -0.341 e. The van der Waals surface area contributed by atoms with Crippen molar-refractivity contribution >= 4 is 21.6 Å². The summed E-state index contributed by atoms with van der Waals surface area (Å²) in [5.74, 6) is 0.0194. The maximum atomic E-state index is 12.8. The predicted molar refractivity (Wildman–Crippen MR) is 108 cm³/mol. The van der Waals surface area contributed by atoms with E-state index in [1.54, 1.807) is 22.9 Å². The number of amides is 1. The van der Waals surface area contributed by atoms with Crippen molar-refractivity contribution in [3.63, 3.8) is 0 Å². The van der Waals surface area contributed by atoms with Gasteiger partial charge in [0.15, 0.2) is 0 Å². The SMILES string of the molecule is Cn1cc(CN2CCCN(C(=O)Cc3ccccc3NS(C)(=O)=O)CC2)cn1. The molecule has 152 valence electrons. The van der Waals surface area contributed by atoms with E-state index in [2.05, 4.69) is 14.7 Å². The molecule has 1 fully saturated rings. The maximum Gasteiger partial charge on any atom is 0.229 e. The molecular formula is C19H27N5O3S. The van der Waals surface area contributed by atoms with Crippen LogP contribution in [0.2, 0.25) is 0 Å². The second kappa shape index (κ2) is 8.74. The Morgan fingerprint density at radius 2 is 1.96 bits per heavy atom. The van der Waals surface area contributed by atoms with Crippen molar-refractivity contribution in [1.82, 2.24) is 19.6 Å². The first kappa shape index (κ1) is 20.3. The summed E-state index contributed by atoms with van der Waals surface area (Å²) in [6, 6.07) is 7.04. The van der Waals surface area contributed by atoms with Gasteiger partial charge in [0.25, 0.3) is 0 Å². The molecule has 0 radical (unpaired) electrons. The van der Waals surface area contributed by atoms with E-state index in [-0.39, 0.29) is 12.3 Å². The van der Waals surface area contributed by atoms with E-state index in [1.165, 1.54) is 5.56 Å². The standard InChI is InChI=1S/C19H27N5O3S/c1-22-14-16(13-20-22)15-23-8-5-9-24(11-10-23)19(25)12-17-6-3-4-7-18(17)21-28(2,26)27/h3-4,6-7,13-14,21H,5,8-12,15H2,1-2H3. The lowest BCUT2D eigenvalue weighted by molar-refractivity contribution is -0.130. The summed E-state index contributed by atoms with van der Waals surface area (Å²) >= 11 is 0. The molecule has 0 bridgehead atoms. The van der Waals surface area contributed by atoms with Crippen LogP contribution in [0.4, 0.5) is 5.69 Å². The Bertz CT molecular complexity index is 925. The van der Waals surface area contributed by atoms with Crippen molar-refractivity contribution in [2.45, 2.75) is 19.4 Å². The number of nitrogens with one attached hydrogen (secondary N) is 1. The maximum absolute atomic E-state index is 12.8. The molecule has 9 heteroatoms. The van der Waals surface area contributed by atoms with Gasteiger partial charge in [-0.3, -0.25) is 19.1 Å². The number of nitrogens with zero attached hydrogens (tertiary/aromatic N) is 4. The second-order valence-corrected chi connectivity index (χ2v) is 8.99. The van der Waals surface area contributed by atoms with Crippen LogP contribution in [0.5, 0.6) is 0 Å². The molecule has 2 heterocycles. The Hall–Kier alpha value is -2.39. The number of aromatic nitrogens is 2. The molecule has 8 nitrogen and oxygen atoms in total.